The van der Waals surface area contributed by atoms with Crippen LogP contribution in [0.2, 0.25) is 0 Å². The van der Waals surface area contributed by atoms with Crippen molar-refractivity contribution in [1.29, 1.82) is 5.26 Å². The van der Waals surface area contributed by atoms with E-state index in [1.807, 2.05) is 19.9 Å². The highest BCUT2D eigenvalue weighted by Gasteiger charge is 2.19. The van der Waals surface area contributed by atoms with E-state index in [0.29, 0.717) is 30.3 Å². The molecule has 0 spiro atoms. The lowest BCUT2D eigenvalue weighted by Crippen LogP contribution is -2.26. The fourth-order valence-electron chi connectivity index (χ4n) is 2.11. The lowest BCUT2D eigenvalue weighted by molar-refractivity contribution is 0.552. The number of nitriles is 1. The molecule has 8 heteroatoms. The van der Waals surface area contributed by atoms with E-state index in [1.54, 1.807) is 12.3 Å². The Kier molecular flexibility index (Phi) is 5.95. The third kappa shape index (κ3) is 4.81. The Balaban J connectivity index is 2.22. The average Bonchev–Trinajstić information content (AvgIpc) is 3.05. The van der Waals surface area contributed by atoms with Gasteiger partial charge in [0, 0.05) is 12.7 Å². The van der Waals surface area contributed by atoms with Gasteiger partial charge in [0.1, 0.15) is 4.90 Å². The summed E-state index contributed by atoms with van der Waals surface area (Å²) < 4.78 is 27.7. The number of rotatable bonds is 8. The summed E-state index contributed by atoms with van der Waals surface area (Å²) in [4.78, 5) is 0.129. The van der Waals surface area contributed by atoms with Crippen molar-refractivity contribution in [3.05, 3.63) is 41.7 Å². The molecule has 0 aliphatic rings. The van der Waals surface area contributed by atoms with Crippen molar-refractivity contribution in [2.75, 3.05) is 11.9 Å². The van der Waals surface area contributed by atoms with Crippen molar-refractivity contribution in [2.45, 2.75) is 31.7 Å². The van der Waals surface area contributed by atoms with Crippen LogP contribution in [0.3, 0.4) is 0 Å². The van der Waals surface area contributed by atoms with Crippen LogP contribution in [0, 0.1) is 17.2 Å². The predicted molar refractivity (Wildman–Crippen MR) is 91.7 cm³/mol. The van der Waals surface area contributed by atoms with Crippen LogP contribution in [0.5, 0.6) is 0 Å². The van der Waals surface area contributed by atoms with Gasteiger partial charge in [-0.3, -0.25) is 5.10 Å². The summed E-state index contributed by atoms with van der Waals surface area (Å²) in [5.41, 5.74) is 1.59. The van der Waals surface area contributed by atoms with Gasteiger partial charge < -0.3 is 5.32 Å². The molecule has 128 valence electrons. The number of sulfonamides is 1. The van der Waals surface area contributed by atoms with E-state index in [4.69, 9.17) is 5.26 Å². The highest BCUT2D eigenvalue weighted by Crippen LogP contribution is 2.23. The van der Waals surface area contributed by atoms with Gasteiger partial charge >= 0.3 is 0 Å². The smallest absolute Gasteiger partial charge is 0.242 e. The van der Waals surface area contributed by atoms with Gasteiger partial charge in [-0.05, 0) is 36.6 Å². The van der Waals surface area contributed by atoms with E-state index in [9.17, 15) is 8.42 Å². The highest BCUT2D eigenvalue weighted by atomic mass is 32.2. The molecule has 0 radical (unpaired) electrons. The maximum absolute atomic E-state index is 12.5. The summed E-state index contributed by atoms with van der Waals surface area (Å²) in [7, 11) is -3.65. The number of nitrogens with zero attached hydrogens (tertiary/aromatic N) is 2. The van der Waals surface area contributed by atoms with E-state index in [1.165, 1.54) is 18.2 Å². The van der Waals surface area contributed by atoms with Crippen LogP contribution >= 0.6 is 0 Å². The summed E-state index contributed by atoms with van der Waals surface area (Å²) in [6, 6.07) is 8.29. The number of hydrogen-bond donors (Lipinski definition) is 3. The predicted octanol–water partition coefficient (Wildman–Crippen LogP) is 2.22. The van der Waals surface area contributed by atoms with Gasteiger partial charge in [0.15, 0.2) is 0 Å². The molecule has 0 saturated carbocycles. The first-order valence-electron chi connectivity index (χ1n) is 7.68. The van der Waals surface area contributed by atoms with Crippen molar-refractivity contribution in [2.24, 2.45) is 5.92 Å². The molecular weight excluding hydrogens is 326 g/mol. The van der Waals surface area contributed by atoms with E-state index < -0.39 is 10.0 Å². The number of aromatic nitrogens is 2. The first kappa shape index (κ1) is 18.0. The number of H-pyrrole nitrogens is 1. The molecule has 1 heterocycles. The molecule has 0 saturated heterocycles. The van der Waals surface area contributed by atoms with Crippen LogP contribution in [0.15, 0.2) is 35.4 Å². The van der Waals surface area contributed by atoms with E-state index in [2.05, 4.69) is 20.2 Å². The number of hydrogen-bond acceptors (Lipinski definition) is 5. The number of anilines is 1. The third-order valence-corrected chi connectivity index (χ3v) is 4.96. The molecule has 1 aromatic heterocycles. The zero-order valence-corrected chi connectivity index (χ0v) is 14.5. The Morgan fingerprint density at radius 2 is 2.12 bits per heavy atom. The lowest BCUT2D eigenvalue weighted by Gasteiger charge is -2.14. The molecular formula is C16H21N5O2S. The maximum Gasteiger partial charge on any atom is 0.242 e. The second kappa shape index (κ2) is 7.95. The Bertz CT molecular complexity index is 807. The maximum atomic E-state index is 12.5. The van der Waals surface area contributed by atoms with Gasteiger partial charge in [0.05, 0.1) is 29.6 Å². The molecule has 0 atom stereocenters. The molecule has 0 aliphatic heterocycles. The van der Waals surface area contributed by atoms with Crippen molar-refractivity contribution in [3.63, 3.8) is 0 Å². The summed E-state index contributed by atoms with van der Waals surface area (Å²) in [5.74, 6) is 0.409. The first-order valence-corrected chi connectivity index (χ1v) is 9.16. The normalized spacial score (nSPS) is 11.4. The minimum Gasteiger partial charge on any atom is -0.378 e. The van der Waals surface area contributed by atoms with Crippen molar-refractivity contribution in [3.8, 4) is 6.07 Å². The molecule has 0 fully saturated rings. The van der Waals surface area contributed by atoms with Crippen LogP contribution in [0.4, 0.5) is 5.69 Å². The first-order chi connectivity index (χ1) is 11.4. The second-order valence-electron chi connectivity index (χ2n) is 5.84. The molecule has 0 bridgehead atoms. The van der Waals surface area contributed by atoms with Crippen molar-refractivity contribution >= 4 is 15.7 Å². The Labute approximate surface area is 142 Å². The molecule has 0 amide bonds. The van der Waals surface area contributed by atoms with E-state index in [-0.39, 0.29) is 4.90 Å². The molecule has 7 nitrogen and oxygen atoms in total. The molecule has 24 heavy (non-hydrogen) atoms. The molecule has 2 rings (SSSR count). The zero-order chi connectivity index (χ0) is 17.6. The molecule has 2 aromatic rings. The summed E-state index contributed by atoms with van der Waals surface area (Å²) in [5, 5.41) is 18.8. The summed E-state index contributed by atoms with van der Waals surface area (Å²) in [6.45, 7) is 4.82. The Hall–Kier alpha value is -2.37. The third-order valence-electron chi connectivity index (χ3n) is 3.44. The average molecular weight is 347 g/mol. The van der Waals surface area contributed by atoms with Gasteiger partial charge in [0.2, 0.25) is 10.0 Å². The van der Waals surface area contributed by atoms with Gasteiger partial charge in [-0.25, -0.2) is 13.1 Å². The van der Waals surface area contributed by atoms with Crippen LogP contribution < -0.4 is 10.0 Å². The molecule has 3 N–H and O–H groups in total. The minimum atomic E-state index is -3.65. The SMILES string of the molecule is CC(C)CCNS(=O)(=O)c1ccc(C#N)cc1NCc1ccn[nH]1. The highest BCUT2D eigenvalue weighted by molar-refractivity contribution is 7.89. The van der Waals surface area contributed by atoms with Crippen LogP contribution in [-0.4, -0.2) is 25.2 Å². The fraction of sp³-hybridized carbons (Fsp3) is 0.375. The minimum absolute atomic E-state index is 0.129. The molecule has 0 unspecified atom stereocenters. The summed E-state index contributed by atoms with van der Waals surface area (Å²) >= 11 is 0. The van der Waals surface area contributed by atoms with E-state index >= 15 is 0 Å². The number of benzene rings is 1. The molecule has 1 aromatic carbocycles. The quantitative estimate of drug-likeness (QED) is 0.678. The number of aromatic amines is 1. The fourth-order valence-corrected chi connectivity index (χ4v) is 3.32. The number of nitrogens with one attached hydrogen (secondary N) is 3. The van der Waals surface area contributed by atoms with Crippen LogP contribution in [0.1, 0.15) is 31.5 Å². The largest absolute Gasteiger partial charge is 0.378 e. The van der Waals surface area contributed by atoms with Crippen molar-refractivity contribution < 1.29 is 8.42 Å². The monoisotopic (exact) mass is 347 g/mol. The Morgan fingerprint density at radius 1 is 1.33 bits per heavy atom. The molecule has 0 aliphatic carbocycles. The second-order valence-corrected chi connectivity index (χ2v) is 7.57. The van der Waals surface area contributed by atoms with Crippen LogP contribution in [0.25, 0.3) is 0 Å². The Morgan fingerprint density at radius 3 is 2.75 bits per heavy atom. The van der Waals surface area contributed by atoms with Gasteiger partial charge in [0.25, 0.3) is 0 Å². The zero-order valence-electron chi connectivity index (χ0n) is 13.7. The summed E-state index contributed by atoms with van der Waals surface area (Å²) in [6.07, 6.45) is 2.38. The standard InChI is InChI=1S/C16H21N5O2S/c1-12(2)5-8-20-24(22,23)16-4-3-13(10-17)9-15(16)18-11-14-6-7-19-21-14/h3-4,6-7,9,12,18,20H,5,8,11H2,1-2H3,(H,19,21). The van der Waals surface area contributed by atoms with Gasteiger partial charge in [-0.15, -0.1) is 0 Å². The van der Waals surface area contributed by atoms with Crippen molar-refractivity contribution in [1.82, 2.24) is 14.9 Å². The van der Waals surface area contributed by atoms with Gasteiger partial charge in [-0.2, -0.15) is 10.4 Å². The lowest BCUT2D eigenvalue weighted by atomic mass is 10.1. The van der Waals surface area contributed by atoms with Crippen LogP contribution in [-0.2, 0) is 16.6 Å². The topological polar surface area (TPSA) is 111 Å². The van der Waals surface area contributed by atoms with E-state index in [0.717, 1.165) is 12.1 Å². The van der Waals surface area contributed by atoms with Gasteiger partial charge in [-0.1, -0.05) is 13.8 Å².